The maximum atomic E-state index is 12.3. The SMILES string of the molecule is CC(=O)N(CCC(=O)Nc1ccc(C(C)C)cc1)c1cc(Cl)ccc1C. The van der Waals surface area contributed by atoms with Crippen molar-refractivity contribution in [3.63, 3.8) is 0 Å². The average molecular weight is 373 g/mol. The Morgan fingerprint density at radius 1 is 1.12 bits per heavy atom. The minimum atomic E-state index is -0.131. The van der Waals surface area contributed by atoms with Crippen molar-refractivity contribution in [2.75, 3.05) is 16.8 Å². The molecule has 0 atom stereocenters. The smallest absolute Gasteiger partial charge is 0.226 e. The summed E-state index contributed by atoms with van der Waals surface area (Å²) in [4.78, 5) is 25.9. The molecule has 2 aromatic carbocycles. The highest BCUT2D eigenvalue weighted by Crippen LogP contribution is 2.25. The zero-order valence-electron chi connectivity index (χ0n) is 15.7. The van der Waals surface area contributed by atoms with Gasteiger partial charge in [-0.2, -0.15) is 0 Å². The third-order valence-corrected chi connectivity index (χ3v) is 4.50. The zero-order valence-corrected chi connectivity index (χ0v) is 16.4. The van der Waals surface area contributed by atoms with E-state index in [1.807, 2.05) is 37.3 Å². The normalized spacial score (nSPS) is 10.7. The van der Waals surface area contributed by atoms with Gasteiger partial charge < -0.3 is 10.2 Å². The van der Waals surface area contributed by atoms with Crippen molar-refractivity contribution < 1.29 is 9.59 Å². The van der Waals surface area contributed by atoms with Gasteiger partial charge in [-0.05, 0) is 48.2 Å². The van der Waals surface area contributed by atoms with Crippen LogP contribution in [0.1, 0.15) is 44.2 Å². The van der Waals surface area contributed by atoms with E-state index in [-0.39, 0.29) is 18.2 Å². The Bertz CT molecular complexity index is 785. The molecule has 0 unspecified atom stereocenters. The Kier molecular flexibility index (Phi) is 6.81. The van der Waals surface area contributed by atoms with Crippen LogP contribution in [0.25, 0.3) is 0 Å². The molecule has 0 aliphatic rings. The van der Waals surface area contributed by atoms with Gasteiger partial charge in [0.2, 0.25) is 11.8 Å². The van der Waals surface area contributed by atoms with E-state index >= 15 is 0 Å². The highest BCUT2D eigenvalue weighted by molar-refractivity contribution is 6.31. The van der Waals surface area contributed by atoms with E-state index in [4.69, 9.17) is 11.6 Å². The number of benzene rings is 2. The summed E-state index contributed by atoms with van der Waals surface area (Å²) >= 11 is 6.05. The lowest BCUT2D eigenvalue weighted by Crippen LogP contribution is -2.32. The highest BCUT2D eigenvalue weighted by Gasteiger charge is 2.16. The maximum absolute atomic E-state index is 12.3. The molecular weight excluding hydrogens is 348 g/mol. The molecule has 2 rings (SSSR count). The van der Waals surface area contributed by atoms with Crippen molar-refractivity contribution in [3.8, 4) is 0 Å². The van der Waals surface area contributed by atoms with Crippen molar-refractivity contribution in [2.45, 2.75) is 40.0 Å². The predicted octanol–water partition coefficient (Wildman–Crippen LogP) is 5.15. The van der Waals surface area contributed by atoms with Gasteiger partial charge in [0, 0.05) is 36.3 Å². The fourth-order valence-corrected chi connectivity index (χ4v) is 2.88. The number of hydrogen-bond acceptors (Lipinski definition) is 2. The van der Waals surface area contributed by atoms with Crippen LogP contribution in [0, 0.1) is 6.92 Å². The van der Waals surface area contributed by atoms with Gasteiger partial charge in [-0.1, -0.05) is 43.6 Å². The van der Waals surface area contributed by atoms with E-state index < -0.39 is 0 Å². The first kappa shape index (κ1) is 20.0. The summed E-state index contributed by atoms with van der Waals surface area (Å²) in [6, 6.07) is 13.2. The van der Waals surface area contributed by atoms with E-state index in [2.05, 4.69) is 19.2 Å². The Morgan fingerprint density at radius 2 is 1.77 bits per heavy atom. The Balaban J connectivity index is 2.01. The molecular formula is C21H25ClN2O2. The van der Waals surface area contributed by atoms with Crippen molar-refractivity contribution in [2.24, 2.45) is 0 Å². The summed E-state index contributed by atoms with van der Waals surface area (Å²) in [5, 5.41) is 3.44. The van der Waals surface area contributed by atoms with Gasteiger partial charge in [0.25, 0.3) is 0 Å². The molecule has 0 bridgehead atoms. The van der Waals surface area contributed by atoms with Gasteiger partial charge in [-0.3, -0.25) is 9.59 Å². The number of halogens is 1. The van der Waals surface area contributed by atoms with Crippen LogP contribution in [0.2, 0.25) is 5.02 Å². The van der Waals surface area contributed by atoms with Crippen LogP contribution >= 0.6 is 11.6 Å². The maximum Gasteiger partial charge on any atom is 0.226 e. The van der Waals surface area contributed by atoms with Crippen LogP contribution in [0.3, 0.4) is 0 Å². The van der Waals surface area contributed by atoms with Gasteiger partial charge in [-0.25, -0.2) is 0 Å². The molecule has 2 amide bonds. The van der Waals surface area contributed by atoms with Crippen molar-refractivity contribution in [1.29, 1.82) is 0 Å². The van der Waals surface area contributed by atoms with Crippen LogP contribution in [-0.4, -0.2) is 18.4 Å². The van der Waals surface area contributed by atoms with E-state index in [9.17, 15) is 9.59 Å². The van der Waals surface area contributed by atoms with E-state index in [1.54, 1.807) is 17.0 Å². The number of anilines is 2. The topological polar surface area (TPSA) is 49.4 Å². The molecule has 0 saturated carbocycles. The molecule has 0 aliphatic carbocycles. The number of carbonyl (C=O) groups excluding carboxylic acids is 2. The zero-order chi connectivity index (χ0) is 19.3. The van der Waals surface area contributed by atoms with Crippen LogP contribution in [0.4, 0.5) is 11.4 Å². The molecule has 26 heavy (non-hydrogen) atoms. The van der Waals surface area contributed by atoms with Crippen molar-refractivity contribution >= 4 is 34.8 Å². The van der Waals surface area contributed by atoms with E-state index in [1.165, 1.54) is 12.5 Å². The molecule has 5 heteroatoms. The van der Waals surface area contributed by atoms with E-state index in [0.29, 0.717) is 17.5 Å². The number of rotatable bonds is 6. The third kappa shape index (κ3) is 5.33. The third-order valence-electron chi connectivity index (χ3n) is 4.27. The molecule has 0 saturated heterocycles. The first-order chi connectivity index (χ1) is 12.3. The molecule has 0 aromatic heterocycles. The van der Waals surface area contributed by atoms with Crippen LogP contribution in [-0.2, 0) is 9.59 Å². The molecule has 138 valence electrons. The summed E-state index contributed by atoms with van der Waals surface area (Å²) < 4.78 is 0. The van der Waals surface area contributed by atoms with Gasteiger partial charge >= 0.3 is 0 Å². The predicted molar refractivity (Wildman–Crippen MR) is 108 cm³/mol. The van der Waals surface area contributed by atoms with Crippen molar-refractivity contribution in [3.05, 3.63) is 58.6 Å². The summed E-state index contributed by atoms with van der Waals surface area (Å²) in [6.07, 6.45) is 0.206. The average Bonchev–Trinajstić information content (AvgIpc) is 2.58. The molecule has 4 nitrogen and oxygen atoms in total. The quantitative estimate of drug-likeness (QED) is 0.761. The second kappa shape index (κ2) is 8.86. The largest absolute Gasteiger partial charge is 0.326 e. The lowest BCUT2D eigenvalue weighted by atomic mass is 10.0. The number of carbonyl (C=O) groups is 2. The van der Waals surface area contributed by atoms with Gasteiger partial charge in [-0.15, -0.1) is 0 Å². The highest BCUT2D eigenvalue weighted by atomic mass is 35.5. The second-order valence-corrected chi connectivity index (χ2v) is 7.11. The summed E-state index contributed by atoms with van der Waals surface area (Å²) in [5.74, 6) is 0.197. The van der Waals surface area contributed by atoms with Gasteiger partial charge in [0.05, 0.1) is 0 Å². The fraction of sp³-hybridized carbons (Fsp3) is 0.333. The first-order valence-electron chi connectivity index (χ1n) is 8.72. The molecule has 0 aliphatic heterocycles. The Labute approximate surface area is 160 Å². The molecule has 0 fully saturated rings. The summed E-state index contributed by atoms with van der Waals surface area (Å²) in [6.45, 7) is 7.96. The number of nitrogens with one attached hydrogen (secondary N) is 1. The minimum Gasteiger partial charge on any atom is -0.326 e. The van der Waals surface area contributed by atoms with Gasteiger partial charge in [0.15, 0.2) is 0 Å². The summed E-state index contributed by atoms with van der Waals surface area (Å²) in [5.41, 5.74) is 3.66. The monoisotopic (exact) mass is 372 g/mol. The lowest BCUT2D eigenvalue weighted by molar-refractivity contribution is -0.117. The lowest BCUT2D eigenvalue weighted by Gasteiger charge is -2.23. The number of hydrogen-bond donors (Lipinski definition) is 1. The fourth-order valence-electron chi connectivity index (χ4n) is 2.71. The molecule has 2 aromatic rings. The number of amides is 2. The Hall–Kier alpha value is -2.33. The van der Waals surface area contributed by atoms with E-state index in [0.717, 1.165) is 16.9 Å². The first-order valence-corrected chi connectivity index (χ1v) is 9.09. The second-order valence-electron chi connectivity index (χ2n) is 6.68. The van der Waals surface area contributed by atoms with Crippen molar-refractivity contribution in [1.82, 2.24) is 0 Å². The standard InChI is InChI=1S/C21H25ClN2O2/c1-14(2)17-6-9-19(10-7-17)23-21(26)11-12-24(16(4)25)20-13-18(22)8-5-15(20)3/h5-10,13-14H,11-12H2,1-4H3,(H,23,26). The van der Waals surface area contributed by atoms with Crippen LogP contribution in [0.15, 0.2) is 42.5 Å². The Morgan fingerprint density at radius 3 is 2.35 bits per heavy atom. The molecule has 0 heterocycles. The van der Waals surface area contributed by atoms with Gasteiger partial charge in [0.1, 0.15) is 0 Å². The number of aryl methyl sites for hydroxylation is 1. The minimum absolute atomic E-state index is 0.121. The molecule has 1 N–H and O–H groups in total. The molecule has 0 spiro atoms. The number of nitrogens with zero attached hydrogens (tertiary/aromatic N) is 1. The van der Waals surface area contributed by atoms with Crippen LogP contribution < -0.4 is 10.2 Å². The molecule has 0 radical (unpaired) electrons. The van der Waals surface area contributed by atoms with Crippen LogP contribution in [0.5, 0.6) is 0 Å². The summed E-state index contributed by atoms with van der Waals surface area (Å²) in [7, 11) is 0.